The number of aromatic nitrogens is 1. The molecule has 1 aliphatic heterocycles. The first kappa shape index (κ1) is 15.3. The molecule has 3 N–H and O–H groups in total. The van der Waals surface area contributed by atoms with Crippen LogP contribution in [0.25, 0.3) is 11.1 Å². The summed E-state index contributed by atoms with van der Waals surface area (Å²) in [5, 5.41) is 9.40. The van der Waals surface area contributed by atoms with Crippen LogP contribution in [0.5, 0.6) is 0 Å². The highest BCUT2D eigenvalue weighted by Gasteiger charge is 2.18. The van der Waals surface area contributed by atoms with E-state index in [1.54, 1.807) is 12.3 Å². The molecular weight excluding hydrogens is 294 g/mol. The summed E-state index contributed by atoms with van der Waals surface area (Å²) in [4.78, 5) is 17.6. The van der Waals surface area contributed by atoms with E-state index in [1.807, 2.05) is 19.1 Å². The lowest BCUT2D eigenvalue weighted by Crippen LogP contribution is -2.36. The first-order valence-corrected chi connectivity index (χ1v) is 7.48. The maximum absolute atomic E-state index is 11.5. The van der Waals surface area contributed by atoms with E-state index in [2.05, 4.69) is 9.88 Å². The van der Waals surface area contributed by atoms with Crippen molar-refractivity contribution in [3.63, 3.8) is 0 Å². The molecule has 1 fully saturated rings. The molecule has 1 aromatic carbocycles. The van der Waals surface area contributed by atoms with Gasteiger partial charge >= 0.3 is 5.97 Å². The predicted molar refractivity (Wildman–Crippen MR) is 88.8 cm³/mol. The average Bonchev–Trinajstić information content (AvgIpc) is 2.58. The Labute approximate surface area is 134 Å². The highest BCUT2D eigenvalue weighted by molar-refractivity contribution is 5.98. The zero-order valence-electron chi connectivity index (χ0n) is 13.0. The van der Waals surface area contributed by atoms with Gasteiger partial charge in [-0.25, -0.2) is 4.79 Å². The van der Waals surface area contributed by atoms with Crippen LogP contribution in [0, 0.1) is 6.92 Å². The Morgan fingerprint density at radius 3 is 2.74 bits per heavy atom. The van der Waals surface area contributed by atoms with Gasteiger partial charge in [0.25, 0.3) is 0 Å². The van der Waals surface area contributed by atoms with Crippen LogP contribution in [0.4, 0.5) is 11.4 Å². The van der Waals surface area contributed by atoms with Gasteiger partial charge in [0.05, 0.1) is 18.8 Å². The minimum Gasteiger partial charge on any atom is -0.478 e. The number of morpholine rings is 1. The Balaban J connectivity index is 2.12. The highest BCUT2D eigenvalue weighted by Crippen LogP contribution is 2.35. The molecule has 2 heterocycles. The molecule has 0 saturated carbocycles. The SMILES string of the molecule is Cc1cc(N2CCOCC2)cc(-c2ccncc2C(=O)O)c1N. The molecule has 0 spiro atoms. The second-order valence-electron chi connectivity index (χ2n) is 5.55. The van der Waals surface area contributed by atoms with Crippen molar-refractivity contribution in [1.82, 2.24) is 4.98 Å². The molecule has 0 atom stereocenters. The number of pyridine rings is 1. The Bertz CT molecular complexity index is 740. The lowest BCUT2D eigenvalue weighted by Gasteiger charge is -2.30. The maximum Gasteiger partial charge on any atom is 0.337 e. The van der Waals surface area contributed by atoms with Crippen LogP contribution < -0.4 is 10.6 Å². The largest absolute Gasteiger partial charge is 0.478 e. The van der Waals surface area contributed by atoms with E-state index in [1.165, 1.54) is 6.20 Å². The van der Waals surface area contributed by atoms with Crippen molar-refractivity contribution in [2.24, 2.45) is 0 Å². The number of aryl methyl sites for hydroxylation is 1. The van der Waals surface area contributed by atoms with Gasteiger partial charge in [-0.05, 0) is 30.7 Å². The summed E-state index contributed by atoms with van der Waals surface area (Å²) in [6, 6.07) is 5.68. The number of aromatic carboxylic acids is 1. The third-order valence-electron chi connectivity index (χ3n) is 4.09. The Kier molecular flexibility index (Phi) is 4.16. The summed E-state index contributed by atoms with van der Waals surface area (Å²) in [6.45, 7) is 4.93. The van der Waals surface area contributed by atoms with Crippen LogP contribution in [0.15, 0.2) is 30.6 Å². The summed E-state index contributed by atoms with van der Waals surface area (Å²) < 4.78 is 5.39. The first-order chi connectivity index (χ1) is 11.1. The number of nitrogen functional groups attached to an aromatic ring is 1. The van der Waals surface area contributed by atoms with Crippen LogP contribution >= 0.6 is 0 Å². The highest BCUT2D eigenvalue weighted by atomic mass is 16.5. The molecule has 0 amide bonds. The third kappa shape index (κ3) is 2.98. The number of ether oxygens (including phenoxy) is 1. The van der Waals surface area contributed by atoms with Crippen molar-refractivity contribution in [1.29, 1.82) is 0 Å². The molecule has 0 aliphatic carbocycles. The fraction of sp³-hybridized carbons (Fsp3) is 0.294. The van der Waals surface area contributed by atoms with Crippen molar-refractivity contribution in [3.05, 3.63) is 41.7 Å². The van der Waals surface area contributed by atoms with Crippen LogP contribution in [0.3, 0.4) is 0 Å². The van der Waals surface area contributed by atoms with Gasteiger partial charge in [0.1, 0.15) is 0 Å². The molecule has 6 heteroatoms. The summed E-state index contributed by atoms with van der Waals surface area (Å²) in [5.41, 5.74) is 10.2. The van der Waals surface area contributed by atoms with Crippen molar-refractivity contribution in [2.75, 3.05) is 36.9 Å². The van der Waals surface area contributed by atoms with E-state index in [9.17, 15) is 9.90 Å². The number of hydrogen-bond donors (Lipinski definition) is 2. The number of carboxylic acids is 1. The normalized spacial score (nSPS) is 14.7. The average molecular weight is 313 g/mol. The molecule has 0 radical (unpaired) electrons. The second-order valence-corrected chi connectivity index (χ2v) is 5.55. The van der Waals surface area contributed by atoms with Gasteiger partial charge < -0.3 is 20.5 Å². The number of anilines is 2. The molecule has 1 aliphatic rings. The number of benzene rings is 1. The third-order valence-corrected chi connectivity index (χ3v) is 4.09. The molecule has 120 valence electrons. The minimum absolute atomic E-state index is 0.151. The zero-order chi connectivity index (χ0) is 16.4. The molecule has 1 aromatic heterocycles. The summed E-state index contributed by atoms with van der Waals surface area (Å²) in [5.74, 6) is -1.01. The quantitative estimate of drug-likeness (QED) is 0.844. The molecule has 1 saturated heterocycles. The van der Waals surface area contributed by atoms with Gasteiger partial charge in [0, 0.05) is 48.0 Å². The van der Waals surface area contributed by atoms with Crippen molar-refractivity contribution in [3.8, 4) is 11.1 Å². The maximum atomic E-state index is 11.5. The van der Waals surface area contributed by atoms with E-state index < -0.39 is 5.97 Å². The standard InChI is InChI=1S/C17H19N3O3/c1-11-8-12(20-4-6-23-7-5-20)9-14(16(11)18)13-2-3-19-10-15(13)17(21)22/h2-3,8-10H,4-7,18H2,1H3,(H,21,22). The van der Waals surface area contributed by atoms with Gasteiger partial charge in [-0.2, -0.15) is 0 Å². The van der Waals surface area contributed by atoms with Crippen molar-refractivity contribution in [2.45, 2.75) is 6.92 Å². The van der Waals surface area contributed by atoms with Gasteiger partial charge in [0.2, 0.25) is 0 Å². The summed E-state index contributed by atoms with van der Waals surface area (Å²) in [7, 11) is 0. The van der Waals surface area contributed by atoms with E-state index in [-0.39, 0.29) is 5.56 Å². The molecule has 23 heavy (non-hydrogen) atoms. The lowest BCUT2D eigenvalue weighted by molar-refractivity contribution is 0.0697. The fourth-order valence-corrected chi connectivity index (χ4v) is 2.81. The van der Waals surface area contributed by atoms with Gasteiger partial charge in [-0.3, -0.25) is 4.98 Å². The van der Waals surface area contributed by atoms with Gasteiger partial charge in [0.15, 0.2) is 0 Å². The van der Waals surface area contributed by atoms with E-state index in [4.69, 9.17) is 10.5 Å². The summed E-state index contributed by atoms with van der Waals surface area (Å²) in [6.07, 6.45) is 2.94. The number of carboxylic acid groups (broad SMARTS) is 1. The van der Waals surface area contributed by atoms with E-state index in [0.29, 0.717) is 24.5 Å². The minimum atomic E-state index is -1.01. The molecule has 6 nitrogen and oxygen atoms in total. The zero-order valence-corrected chi connectivity index (χ0v) is 13.0. The topological polar surface area (TPSA) is 88.7 Å². The van der Waals surface area contributed by atoms with Crippen molar-refractivity contribution >= 4 is 17.3 Å². The molecule has 0 bridgehead atoms. The Hall–Kier alpha value is -2.60. The van der Waals surface area contributed by atoms with Crippen LogP contribution in [-0.2, 0) is 4.74 Å². The lowest BCUT2D eigenvalue weighted by atomic mass is 9.96. The monoisotopic (exact) mass is 313 g/mol. The Morgan fingerprint density at radius 1 is 1.30 bits per heavy atom. The summed E-state index contributed by atoms with van der Waals surface area (Å²) >= 11 is 0. The number of rotatable bonds is 3. The van der Waals surface area contributed by atoms with Gasteiger partial charge in [-0.15, -0.1) is 0 Å². The molecular formula is C17H19N3O3. The van der Waals surface area contributed by atoms with E-state index >= 15 is 0 Å². The van der Waals surface area contributed by atoms with Crippen molar-refractivity contribution < 1.29 is 14.6 Å². The van der Waals surface area contributed by atoms with Crippen LogP contribution in [-0.4, -0.2) is 42.4 Å². The van der Waals surface area contributed by atoms with Crippen LogP contribution in [0.2, 0.25) is 0 Å². The predicted octanol–water partition coefficient (Wildman–Crippen LogP) is 2.17. The number of hydrogen-bond acceptors (Lipinski definition) is 5. The number of nitrogens with two attached hydrogens (primary N) is 1. The van der Waals surface area contributed by atoms with E-state index in [0.717, 1.165) is 29.9 Å². The Morgan fingerprint density at radius 2 is 2.04 bits per heavy atom. The van der Waals surface area contributed by atoms with Gasteiger partial charge in [-0.1, -0.05) is 0 Å². The molecule has 0 unspecified atom stereocenters. The smallest absolute Gasteiger partial charge is 0.337 e. The second kappa shape index (κ2) is 6.26. The fourth-order valence-electron chi connectivity index (χ4n) is 2.81. The number of nitrogens with zero attached hydrogens (tertiary/aromatic N) is 2. The van der Waals surface area contributed by atoms with Crippen LogP contribution in [0.1, 0.15) is 15.9 Å². The number of carbonyl (C=O) groups is 1. The molecule has 2 aromatic rings. The molecule has 3 rings (SSSR count). The first-order valence-electron chi connectivity index (χ1n) is 7.48.